The van der Waals surface area contributed by atoms with Gasteiger partial charge in [0.05, 0.1) is 16.7 Å². The van der Waals surface area contributed by atoms with Crippen LogP contribution in [-0.2, 0) is 0 Å². The zero-order valence-corrected chi connectivity index (χ0v) is 15.7. The van der Waals surface area contributed by atoms with Crippen LogP contribution >= 0.6 is 11.6 Å². The first-order valence-corrected chi connectivity index (χ1v) is 9.13. The van der Waals surface area contributed by atoms with E-state index in [0.29, 0.717) is 33.4 Å². The zero-order chi connectivity index (χ0) is 19.8. The zero-order valence-electron chi connectivity index (χ0n) is 14.9. The van der Waals surface area contributed by atoms with E-state index in [0.717, 1.165) is 11.3 Å². The van der Waals surface area contributed by atoms with Gasteiger partial charge < -0.3 is 0 Å². The van der Waals surface area contributed by atoms with Gasteiger partial charge in [0, 0.05) is 17.4 Å². The van der Waals surface area contributed by atoms with Crippen molar-refractivity contribution in [2.24, 2.45) is 0 Å². The Hall–Kier alpha value is -4.02. The highest BCUT2D eigenvalue weighted by Gasteiger charge is 2.23. The smallest absolute Gasteiger partial charge is 0.189 e. The van der Waals surface area contributed by atoms with E-state index in [1.54, 1.807) is 29.2 Å². The summed E-state index contributed by atoms with van der Waals surface area (Å²) in [5, 5.41) is 22.6. The minimum absolute atomic E-state index is 0.566. The van der Waals surface area contributed by atoms with Gasteiger partial charge in [-0.3, -0.25) is 4.57 Å². The Labute approximate surface area is 170 Å². The lowest BCUT2D eigenvalue weighted by atomic mass is 10.1. The van der Waals surface area contributed by atoms with Crippen LogP contribution in [0.15, 0.2) is 73.2 Å². The van der Waals surface area contributed by atoms with Crippen molar-refractivity contribution in [1.82, 2.24) is 29.4 Å². The summed E-state index contributed by atoms with van der Waals surface area (Å²) in [6.07, 6.45) is 3.31. The molecule has 0 unspecified atom stereocenters. The van der Waals surface area contributed by atoms with E-state index in [9.17, 15) is 0 Å². The molecule has 0 amide bonds. The minimum atomic E-state index is 0.566. The second kappa shape index (κ2) is 6.86. The molecule has 2 aromatic carbocycles. The van der Waals surface area contributed by atoms with Gasteiger partial charge in [0.2, 0.25) is 0 Å². The maximum absolute atomic E-state index is 9.06. The van der Waals surface area contributed by atoms with Crippen LogP contribution in [-0.4, -0.2) is 29.4 Å². The molecule has 3 heterocycles. The van der Waals surface area contributed by atoms with Crippen molar-refractivity contribution >= 4 is 17.2 Å². The molecule has 8 heteroatoms. The lowest BCUT2D eigenvalue weighted by Gasteiger charge is -2.09. The molecule has 0 saturated carbocycles. The normalized spacial score (nSPS) is 10.9. The Morgan fingerprint density at radius 2 is 1.79 bits per heavy atom. The summed E-state index contributed by atoms with van der Waals surface area (Å²) in [6.45, 7) is 0. The number of halogens is 1. The molecule has 0 N–H and O–H groups in total. The molecule has 3 aromatic heterocycles. The van der Waals surface area contributed by atoms with Gasteiger partial charge in [0.1, 0.15) is 17.7 Å². The van der Waals surface area contributed by atoms with Gasteiger partial charge in [-0.05, 0) is 42.5 Å². The Kier molecular flexibility index (Phi) is 4.04. The Bertz CT molecular complexity index is 1380. The molecular weight excluding hydrogens is 386 g/mol. The third kappa shape index (κ3) is 2.83. The van der Waals surface area contributed by atoms with E-state index >= 15 is 0 Å². The Morgan fingerprint density at radius 1 is 0.966 bits per heavy atom. The number of aromatic nitrogens is 6. The summed E-state index contributed by atoms with van der Waals surface area (Å²) < 4.78 is 3.56. The van der Waals surface area contributed by atoms with E-state index in [1.165, 1.54) is 0 Å². The van der Waals surface area contributed by atoms with E-state index in [-0.39, 0.29) is 0 Å². The summed E-state index contributed by atoms with van der Waals surface area (Å²) in [7, 11) is 0. The van der Waals surface area contributed by atoms with Crippen LogP contribution in [0.5, 0.6) is 0 Å². The van der Waals surface area contributed by atoms with Crippen LogP contribution in [0.25, 0.3) is 34.1 Å². The molecule has 0 aliphatic rings. The molecule has 0 atom stereocenters. The summed E-state index contributed by atoms with van der Waals surface area (Å²) in [6, 6.07) is 20.5. The number of hydrogen-bond donors (Lipinski definition) is 0. The lowest BCUT2D eigenvalue weighted by molar-refractivity contribution is 0.921. The summed E-state index contributed by atoms with van der Waals surface area (Å²) >= 11 is 6.47. The van der Waals surface area contributed by atoms with E-state index < -0.39 is 0 Å². The van der Waals surface area contributed by atoms with Crippen LogP contribution in [0.1, 0.15) is 5.56 Å². The molecule has 0 spiro atoms. The number of fused-ring (bicyclic) bond motifs is 1. The van der Waals surface area contributed by atoms with Crippen molar-refractivity contribution in [2.45, 2.75) is 0 Å². The number of rotatable bonds is 3. The highest BCUT2D eigenvalue weighted by Crippen LogP contribution is 2.35. The van der Waals surface area contributed by atoms with E-state index in [4.69, 9.17) is 21.8 Å². The lowest BCUT2D eigenvalue weighted by Crippen LogP contribution is -2.01. The first kappa shape index (κ1) is 17.1. The molecule has 0 saturated heterocycles. The standard InChI is InChI=1S/C21H12ClN7/c22-17-5-2-1-4-16(17)19-20(29-18(26-19)6-3-11-25-29)21-27-24-13-28(21)15-9-7-14(12-23)8-10-15/h1-11,13H. The van der Waals surface area contributed by atoms with Crippen molar-refractivity contribution in [3.05, 3.63) is 83.8 Å². The van der Waals surface area contributed by atoms with Crippen molar-refractivity contribution in [1.29, 1.82) is 5.26 Å². The fraction of sp³-hybridized carbons (Fsp3) is 0. The van der Waals surface area contributed by atoms with Crippen molar-refractivity contribution in [2.75, 3.05) is 0 Å². The molecule has 5 rings (SSSR count). The average molecular weight is 398 g/mol. The van der Waals surface area contributed by atoms with Crippen molar-refractivity contribution < 1.29 is 0 Å². The molecule has 0 bridgehead atoms. The van der Waals surface area contributed by atoms with E-state index in [1.807, 2.05) is 53.1 Å². The van der Waals surface area contributed by atoms with Crippen molar-refractivity contribution in [3.63, 3.8) is 0 Å². The summed E-state index contributed by atoms with van der Waals surface area (Å²) in [4.78, 5) is 4.75. The molecular formula is C21H12ClN7. The minimum Gasteiger partial charge on any atom is -0.280 e. The maximum atomic E-state index is 9.06. The largest absolute Gasteiger partial charge is 0.280 e. The van der Waals surface area contributed by atoms with Gasteiger partial charge in [0.25, 0.3) is 0 Å². The van der Waals surface area contributed by atoms with Crippen LogP contribution in [0.4, 0.5) is 0 Å². The monoisotopic (exact) mass is 397 g/mol. The summed E-state index contributed by atoms with van der Waals surface area (Å²) in [5.41, 5.74) is 4.19. The first-order valence-electron chi connectivity index (χ1n) is 8.76. The molecule has 0 aliphatic heterocycles. The number of imidazole rings is 1. The highest BCUT2D eigenvalue weighted by atomic mass is 35.5. The molecule has 0 aliphatic carbocycles. The number of benzene rings is 2. The molecule has 7 nitrogen and oxygen atoms in total. The fourth-order valence-corrected chi connectivity index (χ4v) is 3.44. The molecule has 5 aromatic rings. The second-order valence-corrected chi connectivity index (χ2v) is 6.67. The summed E-state index contributed by atoms with van der Waals surface area (Å²) in [5.74, 6) is 0.566. The molecule has 0 fully saturated rings. The van der Waals surface area contributed by atoms with Gasteiger partial charge in [-0.2, -0.15) is 10.4 Å². The van der Waals surface area contributed by atoms with Crippen molar-refractivity contribution in [3.8, 4) is 34.5 Å². The number of hydrogen-bond acceptors (Lipinski definition) is 5. The highest BCUT2D eigenvalue weighted by molar-refractivity contribution is 6.33. The average Bonchev–Trinajstić information content (AvgIpc) is 3.38. The van der Waals surface area contributed by atoms with Gasteiger partial charge >= 0.3 is 0 Å². The quantitative estimate of drug-likeness (QED) is 0.456. The van der Waals surface area contributed by atoms with Gasteiger partial charge in [-0.25, -0.2) is 9.50 Å². The fourth-order valence-electron chi connectivity index (χ4n) is 3.21. The third-order valence-electron chi connectivity index (χ3n) is 4.56. The first-order chi connectivity index (χ1) is 14.3. The molecule has 29 heavy (non-hydrogen) atoms. The van der Waals surface area contributed by atoms with Crippen LogP contribution in [0, 0.1) is 11.3 Å². The van der Waals surface area contributed by atoms with Crippen LogP contribution in [0.2, 0.25) is 5.02 Å². The van der Waals surface area contributed by atoms with Gasteiger partial charge in [0.15, 0.2) is 11.5 Å². The molecule has 138 valence electrons. The van der Waals surface area contributed by atoms with Gasteiger partial charge in [-0.1, -0.05) is 29.8 Å². The maximum Gasteiger partial charge on any atom is 0.189 e. The van der Waals surface area contributed by atoms with Gasteiger partial charge in [-0.15, -0.1) is 10.2 Å². The topological polar surface area (TPSA) is 84.7 Å². The van der Waals surface area contributed by atoms with Crippen LogP contribution < -0.4 is 0 Å². The SMILES string of the molecule is N#Cc1ccc(-n2cnnc2-c2c(-c3ccccc3Cl)nc3cccnn23)cc1. The van der Waals surface area contributed by atoms with Crippen LogP contribution in [0.3, 0.4) is 0 Å². The van der Waals surface area contributed by atoms with E-state index in [2.05, 4.69) is 21.4 Å². The predicted octanol–water partition coefficient (Wildman–Crippen LogP) is 4.17. The number of nitrogens with zero attached hydrogens (tertiary/aromatic N) is 7. The Morgan fingerprint density at radius 3 is 2.59 bits per heavy atom. The molecule has 0 radical (unpaired) electrons. The predicted molar refractivity (Wildman–Crippen MR) is 109 cm³/mol. The second-order valence-electron chi connectivity index (χ2n) is 6.27. The third-order valence-corrected chi connectivity index (χ3v) is 4.89. The Balaban J connectivity index is 1.79. The number of nitriles is 1.